The van der Waals surface area contributed by atoms with E-state index in [0.717, 1.165) is 0 Å². The van der Waals surface area contributed by atoms with Crippen LogP contribution in [0.3, 0.4) is 0 Å². The second-order valence-corrected chi connectivity index (χ2v) is 4.42. The Balaban J connectivity index is 3.76. The van der Waals surface area contributed by atoms with Crippen LogP contribution in [0.4, 0.5) is 0 Å². The molecule has 0 fully saturated rings. The molecule has 14 heavy (non-hydrogen) atoms. The molecule has 0 heterocycles. The fourth-order valence-electron chi connectivity index (χ4n) is 0.524. The first-order chi connectivity index (χ1) is 6.25. The van der Waals surface area contributed by atoms with Crippen molar-refractivity contribution in [3.05, 3.63) is 0 Å². The zero-order valence-corrected chi connectivity index (χ0v) is 9.42. The van der Waals surface area contributed by atoms with Gasteiger partial charge in [0.05, 0.1) is 11.3 Å². The Kier molecular flexibility index (Phi) is 4.60. The Bertz CT molecular complexity index is 213. The van der Waals surface area contributed by atoms with Crippen molar-refractivity contribution in [2.45, 2.75) is 34.6 Å². The van der Waals surface area contributed by atoms with E-state index in [1.807, 2.05) is 0 Å². The van der Waals surface area contributed by atoms with E-state index < -0.39 is 5.41 Å². The maximum atomic E-state index is 11.2. The molecule has 0 saturated carbocycles. The van der Waals surface area contributed by atoms with Gasteiger partial charge in [0.15, 0.2) is 0 Å². The molecule has 0 spiro atoms. The molecule has 0 aromatic rings. The number of ether oxygens (including phenoxy) is 2. The quantitative estimate of drug-likeness (QED) is 0.516. The maximum Gasteiger partial charge on any atom is 0.314 e. The van der Waals surface area contributed by atoms with Gasteiger partial charge in [0.2, 0.25) is 6.79 Å². The molecule has 0 N–H and O–H groups in total. The molecule has 0 aromatic carbocycles. The van der Waals surface area contributed by atoms with Crippen LogP contribution in [-0.2, 0) is 19.1 Å². The Morgan fingerprint density at radius 3 is 2.00 bits per heavy atom. The minimum Gasteiger partial charge on any atom is -0.428 e. The fourth-order valence-corrected chi connectivity index (χ4v) is 0.524. The highest BCUT2D eigenvalue weighted by Crippen LogP contribution is 2.14. The standard InChI is InChI=1S/C10H18O4/c1-7(2)8(11)13-6-14-9(12)10(3,4)5/h7H,6H2,1-5H3. The molecule has 4 heteroatoms. The summed E-state index contributed by atoms with van der Waals surface area (Å²) in [5, 5.41) is 0. The van der Waals surface area contributed by atoms with Crippen LogP contribution in [0.25, 0.3) is 0 Å². The van der Waals surface area contributed by atoms with Crippen molar-refractivity contribution in [3.8, 4) is 0 Å². The zero-order valence-electron chi connectivity index (χ0n) is 9.42. The molecular formula is C10H18O4. The van der Waals surface area contributed by atoms with Gasteiger partial charge in [0.1, 0.15) is 0 Å². The smallest absolute Gasteiger partial charge is 0.314 e. The summed E-state index contributed by atoms with van der Waals surface area (Å²) < 4.78 is 9.43. The largest absolute Gasteiger partial charge is 0.428 e. The molecule has 0 rings (SSSR count). The van der Waals surface area contributed by atoms with E-state index in [1.165, 1.54) is 0 Å². The molecule has 0 unspecified atom stereocenters. The van der Waals surface area contributed by atoms with Crippen LogP contribution in [0.2, 0.25) is 0 Å². The number of carbonyl (C=O) groups is 2. The minimum atomic E-state index is -0.565. The molecule has 0 aliphatic carbocycles. The Hall–Kier alpha value is -1.06. The second kappa shape index (κ2) is 4.98. The molecular weight excluding hydrogens is 184 g/mol. The number of hydrogen-bond donors (Lipinski definition) is 0. The van der Waals surface area contributed by atoms with Crippen molar-refractivity contribution in [1.29, 1.82) is 0 Å². The highest BCUT2D eigenvalue weighted by atomic mass is 16.7. The predicted molar refractivity (Wildman–Crippen MR) is 51.3 cm³/mol. The van der Waals surface area contributed by atoms with Crippen LogP contribution in [0.1, 0.15) is 34.6 Å². The molecule has 0 aliphatic rings. The van der Waals surface area contributed by atoms with Crippen LogP contribution in [0, 0.1) is 11.3 Å². The molecule has 0 aromatic heterocycles. The van der Waals surface area contributed by atoms with E-state index in [9.17, 15) is 9.59 Å². The summed E-state index contributed by atoms with van der Waals surface area (Å²) in [5.41, 5.74) is -0.565. The third kappa shape index (κ3) is 4.84. The first kappa shape index (κ1) is 12.9. The van der Waals surface area contributed by atoms with Crippen LogP contribution in [0.15, 0.2) is 0 Å². The van der Waals surface area contributed by atoms with Gasteiger partial charge < -0.3 is 9.47 Å². The lowest BCUT2D eigenvalue weighted by molar-refractivity contribution is -0.174. The average molecular weight is 202 g/mol. The van der Waals surface area contributed by atoms with Crippen molar-refractivity contribution in [3.63, 3.8) is 0 Å². The van der Waals surface area contributed by atoms with Crippen molar-refractivity contribution < 1.29 is 19.1 Å². The van der Waals surface area contributed by atoms with Gasteiger partial charge in [-0.2, -0.15) is 0 Å². The van der Waals surface area contributed by atoms with Gasteiger partial charge in [-0.1, -0.05) is 13.8 Å². The van der Waals surface area contributed by atoms with Crippen molar-refractivity contribution in [2.24, 2.45) is 11.3 Å². The van der Waals surface area contributed by atoms with E-state index in [-0.39, 0.29) is 24.6 Å². The molecule has 4 nitrogen and oxygen atoms in total. The Morgan fingerprint density at radius 1 is 1.14 bits per heavy atom. The average Bonchev–Trinajstić information content (AvgIpc) is 2.01. The summed E-state index contributed by atoms with van der Waals surface area (Å²) in [6.45, 7) is 8.34. The van der Waals surface area contributed by atoms with Gasteiger partial charge in [-0.05, 0) is 20.8 Å². The van der Waals surface area contributed by atoms with E-state index in [2.05, 4.69) is 4.74 Å². The zero-order chi connectivity index (χ0) is 11.4. The van der Waals surface area contributed by atoms with Crippen LogP contribution < -0.4 is 0 Å². The lowest BCUT2D eigenvalue weighted by atomic mass is 9.98. The second-order valence-electron chi connectivity index (χ2n) is 4.42. The molecule has 0 aliphatic heterocycles. The van der Waals surface area contributed by atoms with Gasteiger partial charge in [-0.25, -0.2) is 0 Å². The number of carbonyl (C=O) groups excluding carboxylic acids is 2. The van der Waals surface area contributed by atoms with E-state index >= 15 is 0 Å². The number of esters is 2. The van der Waals surface area contributed by atoms with Gasteiger partial charge in [0.25, 0.3) is 0 Å². The topological polar surface area (TPSA) is 52.6 Å². The molecule has 0 radical (unpaired) electrons. The summed E-state index contributed by atoms with van der Waals surface area (Å²) in [5.74, 6) is -0.955. The van der Waals surface area contributed by atoms with Crippen LogP contribution in [-0.4, -0.2) is 18.7 Å². The van der Waals surface area contributed by atoms with Crippen molar-refractivity contribution in [2.75, 3.05) is 6.79 Å². The Labute approximate surface area is 84.6 Å². The van der Waals surface area contributed by atoms with Gasteiger partial charge in [0, 0.05) is 0 Å². The van der Waals surface area contributed by atoms with E-state index in [0.29, 0.717) is 0 Å². The van der Waals surface area contributed by atoms with E-state index in [4.69, 9.17) is 4.74 Å². The summed E-state index contributed by atoms with van der Waals surface area (Å²) in [7, 11) is 0. The van der Waals surface area contributed by atoms with Crippen LogP contribution in [0.5, 0.6) is 0 Å². The number of hydrogen-bond acceptors (Lipinski definition) is 4. The minimum absolute atomic E-state index is 0.205. The highest BCUT2D eigenvalue weighted by molar-refractivity contribution is 5.75. The van der Waals surface area contributed by atoms with Crippen molar-refractivity contribution in [1.82, 2.24) is 0 Å². The highest BCUT2D eigenvalue weighted by Gasteiger charge is 2.23. The third-order valence-electron chi connectivity index (χ3n) is 1.47. The predicted octanol–water partition coefficient (Wildman–Crippen LogP) is 1.73. The first-order valence-electron chi connectivity index (χ1n) is 4.59. The molecule has 82 valence electrons. The van der Waals surface area contributed by atoms with Gasteiger partial charge in [-0.3, -0.25) is 9.59 Å². The summed E-state index contributed by atoms with van der Waals surface area (Å²) >= 11 is 0. The lowest BCUT2D eigenvalue weighted by Gasteiger charge is -2.16. The third-order valence-corrected chi connectivity index (χ3v) is 1.47. The summed E-state index contributed by atoms with van der Waals surface area (Å²) in [4.78, 5) is 22.2. The first-order valence-corrected chi connectivity index (χ1v) is 4.59. The Morgan fingerprint density at radius 2 is 1.64 bits per heavy atom. The summed E-state index contributed by atoms with van der Waals surface area (Å²) in [6.07, 6.45) is 0. The lowest BCUT2D eigenvalue weighted by Crippen LogP contribution is -2.25. The van der Waals surface area contributed by atoms with E-state index in [1.54, 1.807) is 34.6 Å². The number of rotatable bonds is 3. The van der Waals surface area contributed by atoms with Gasteiger partial charge in [-0.15, -0.1) is 0 Å². The van der Waals surface area contributed by atoms with Gasteiger partial charge >= 0.3 is 11.9 Å². The van der Waals surface area contributed by atoms with Crippen LogP contribution >= 0.6 is 0 Å². The molecule has 0 atom stereocenters. The molecule has 0 bridgehead atoms. The normalized spacial score (nSPS) is 11.3. The molecule has 0 saturated heterocycles. The fraction of sp³-hybridized carbons (Fsp3) is 0.800. The van der Waals surface area contributed by atoms with Crippen molar-refractivity contribution >= 4 is 11.9 Å². The monoisotopic (exact) mass is 202 g/mol. The molecule has 0 amide bonds. The summed E-state index contributed by atoms with van der Waals surface area (Å²) in [6, 6.07) is 0. The maximum absolute atomic E-state index is 11.2. The SMILES string of the molecule is CC(C)C(=O)OCOC(=O)C(C)(C)C.